The Morgan fingerprint density at radius 3 is 2.58 bits per heavy atom. The maximum absolute atomic E-state index is 12.1. The first-order valence-corrected chi connectivity index (χ1v) is 8.17. The number of ether oxygens (including phenoxy) is 1. The molecule has 132 valence electrons. The Hall–Kier alpha value is -3.41. The van der Waals surface area contributed by atoms with E-state index in [0.29, 0.717) is 5.56 Å². The van der Waals surface area contributed by atoms with Crippen LogP contribution in [0.15, 0.2) is 60.9 Å². The van der Waals surface area contributed by atoms with Crippen molar-refractivity contribution in [2.45, 2.75) is 13.8 Å². The molecule has 0 aliphatic carbocycles. The number of carbonyl (C=O) groups excluding carboxylic acids is 2. The monoisotopic (exact) mass is 349 g/mol. The summed E-state index contributed by atoms with van der Waals surface area (Å²) in [6.45, 7) is 3.51. The van der Waals surface area contributed by atoms with E-state index < -0.39 is 5.97 Å². The van der Waals surface area contributed by atoms with E-state index in [0.717, 1.165) is 22.5 Å². The van der Waals surface area contributed by atoms with Crippen molar-refractivity contribution < 1.29 is 14.3 Å². The van der Waals surface area contributed by atoms with E-state index in [1.54, 1.807) is 35.1 Å². The minimum absolute atomic E-state index is 0.340. The molecule has 0 fully saturated rings. The Kier molecular flexibility index (Phi) is 5.12. The van der Waals surface area contributed by atoms with Crippen molar-refractivity contribution in [2.75, 3.05) is 11.9 Å². The lowest BCUT2D eigenvalue weighted by Gasteiger charge is -2.10. The first-order chi connectivity index (χ1) is 12.5. The van der Waals surface area contributed by atoms with Gasteiger partial charge < -0.3 is 10.1 Å². The number of aromatic nitrogens is 2. The molecule has 6 heteroatoms. The molecule has 1 N–H and O–H groups in total. The van der Waals surface area contributed by atoms with Gasteiger partial charge in [0.05, 0.1) is 11.3 Å². The summed E-state index contributed by atoms with van der Waals surface area (Å²) < 4.78 is 6.78. The zero-order valence-corrected chi connectivity index (χ0v) is 14.6. The largest absolute Gasteiger partial charge is 0.452 e. The van der Waals surface area contributed by atoms with Crippen molar-refractivity contribution in [3.63, 3.8) is 0 Å². The van der Waals surface area contributed by atoms with Crippen molar-refractivity contribution in [1.82, 2.24) is 9.78 Å². The number of carbonyl (C=O) groups is 2. The minimum Gasteiger partial charge on any atom is -0.452 e. The van der Waals surface area contributed by atoms with E-state index in [1.807, 2.05) is 44.3 Å². The van der Waals surface area contributed by atoms with Gasteiger partial charge in [-0.3, -0.25) is 4.79 Å². The van der Waals surface area contributed by atoms with Crippen LogP contribution in [0.1, 0.15) is 21.5 Å². The molecule has 0 spiro atoms. The standard InChI is InChI=1S/C20H19N3O3/c1-14-4-5-15(2)18(12-14)22-19(24)13-26-20(25)16-6-8-17(9-7-16)23-11-3-10-21-23/h3-12H,13H2,1-2H3,(H,22,24). The molecule has 0 aliphatic heterocycles. The quantitative estimate of drug-likeness (QED) is 0.718. The topological polar surface area (TPSA) is 73.2 Å². The molecule has 0 aliphatic rings. The molecular formula is C20H19N3O3. The maximum atomic E-state index is 12.1. The second kappa shape index (κ2) is 7.65. The molecule has 26 heavy (non-hydrogen) atoms. The van der Waals surface area contributed by atoms with Crippen LogP contribution < -0.4 is 5.32 Å². The Labute approximate surface area is 151 Å². The van der Waals surface area contributed by atoms with Crippen molar-refractivity contribution in [3.8, 4) is 5.69 Å². The van der Waals surface area contributed by atoms with Crippen LogP contribution in [0.3, 0.4) is 0 Å². The molecule has 3 rings (SSSR count). The summed E-state index contributed by atoms with van der Waals surface area (Å²) in [6, 6.07) is 14.4. The highest BCUT2D eigenvalue weighted by Gasteiger charge is 2.11. The van der Waals surface area contributed by atoms with E-state index in [4.69, 9.17) is 4.74 Å². The number of aryl methyl sites for hydroxylation is 2. The normalized spacial score (nSPS) is 10.4. The minimum atomic E-state index is -0.548. The van der Waals surface area contributed by atoms with Crippen LogP contribution in [-0.4, -0.2) is 28.3 Å². The van der Waals surface area contributed by atoms with Crippen LogP contribution >= 0.6 is 0 Å². The number of nitrogens with zero attached hydrogens (tertiary/aromatic N) is 2. The number of esters is 1. The van der Waals surface area contributed by atoms with Crippen LogP contribution in [0.4, 0.5) is 5.69 Å². The fourth-order valence-electron chi connectivity index (χ4n) is 2.44. The summed E-state index contributed by atoms with van der Waals surface area (Å²) in [5.74, 6) is -0.923. The van der Waals surface area contributed by atoms with E-state index >= 15 is 0 Å². The first-order valence-electron chi connectivity index (χ1n) is 8.17. The number of hydrogen-bond donors (Lipinski definition) is 1. The molecule has 0 atom stereocenters. The molecule has 1 heterocycles. The fourth-order valence-corrected chi connectivity index (χ4v) is 2.44. The molecule has 3 aromatic rings. The maximum Gasteiger partial charge on any atom is 0.338 e. The van der Waals surface area contributed by atoms with Gasteiger partial charge in [0.1, 0.15) is 0 Å². The molecule has 2 aromatic carbocycles. The number of nitrogens with one attached hydrogen (secondary N) is 1. The van der Waals surface area contributed by atoms with Gasteiger partial charge in [-0.15, -0.1) is 0 Å². The van der Waals surface area contributed by atoms with E-state index in [-0.39, 0.29) is 12.5 Å². The smallest absolute Gasteiger partial charge is 0.338 e. The van der Waals surface area contributed by atoms with Crippen molar-refractivity contribution in [2.24, 2.45) is 0 Å². The second-order valence-corrected chi connectivity index (χ2v) is 5.94. The van der Waals surface area contributed by atoms with Crippen LogP contribution in [0.5, 0.6) is 0 Å². The molecule has 0 saturated carbocycles. The highest BCUT2D eigenvalue weighted by molar-refractivity contribution is 5.96. The lowest BCUT2D eigenvalue weighted by molar-refractivity contribution is -0.119. The molecule has 6 nitrogen and oxygen atoms in total. The van der Waals surface area contributed by atoms with Gasteiger partial charge >= 0.3 is 5.97 Å². The van der Waals surface area contributed by atoms with Crippen LogP contribution in [0.25, 0.3) is 5.69 Å². The lowest BCUT2D eigenvalue weighted by atomic mass is 10.1. The Balaban J connectivity index is 1.56. The van der Waals surface area contributed by atoms with Gasteiger partial charge in [-0.2, -0.15) is 5.10 Å². The van der Waals surface area contributed by atoms with Crippen molar-refractivity contribution in [3.05, 3.63) is 77.6 Å². The molecular weight excluding hydrogens is 330 g/mol. The van der Waals surface area contributed by atoms with Gasteiger partial charge in [-0.05, 0) is 61.4 Å². The highest BCUT2D eigenvalue weighted by Crippen LogP contribution is 2.16. The van der Waals surface area contributed by atoms with Crippen LogP contribution in [0, 0.1) is 13.8 Å². The number of benzene rings is 2. The van der Waals surface area contributed by atoms with Crippen molar-refractivity contribution >= 4 is 17.6 Å². The Bertz CT molecular complexity index is 916. The average Bonchev–Trinajstić information content (AvgIpc) is 3.17. The van der Waals surface area contributed by atoms with Crippen LogP contribution in [0.2, 0.25) is 0 Å². The van der Waals surface area contributed by atoms with Gasteiger partial charge in [0.2, 0.25) is 0 Å². The number of anilines is 1. The van der Waals surface area contributed by atoms with Crippen molar-refractivity contribution in [1.29, 1.82) is 0 Å². The summed E-state index contributed by atoms with van der Waals surface area (Å²) in [5, 5.41) is 6.88. The summed E-state index contributed by atoms with van der Waals surface area (Å²) in [5.41, 5.74) is 3.92. The molecule has 1 aromatic heterocycles. The second-order valence-electron chi connectivity index (χ2n) is 5.94. The van der Waals surface area contributed by atoms with Crippen LogP contribution in [-0.2, 0) is 9.53 Å². The Morgan fingerprint density at radius 1 is 1.12 bits per heavy atom. The number of rotatable bonds is 5. The third-order valence-corrected chi connectivity index (χ3v) is 3.87. The first kappa shape index (κ1) is 17.4. The molecule has 0 saturated heterocycles. The SMILES string of the molecule is Cc1ccc(C)c(NC(=O)COC(=O)c2ccc(-n3cccn3)cc2)c1. The third kappa shape index (κ3) is 4.16. The summed E-state index contributed by atoms with van der Waals surface area (Å²) in [4.78, 5) is 24.1. The number of amides is 1. The summed E-state index contributed by atoms with van der Waals surface area (Å²) in [7, 11) is 0. The lowest BCUT2D eigenvalue weighted by Crippen LogP contribution is -2.21. The van der Waals surface area contributed by atoms with Gasteiger partial charge in [-0.25, -0.2) is 9.48 Å². The van der Waals surface area contributed by atoms with Gasteiger partial charge in [0.15, 0.2) is 6.61 Å². The van der Waals surface area contributed by atoms with E-state index in [2.05, 4.69) is 10.4 Å². The average molecular weight is 349 g/mol. The summed E-state index contributed by atoms with van der Waals surface area (Å²) >= 11 is 0. The predicted octanol–water partition coefficient (Wildman–Crippen LogP) is 3.28. The van der Waals surface area contributed by atoms with Gasteiger partial charge in [0.25, 0.3) is 5.91 Å². The van der Waals surface area contributed by atoms with Gasteiger partial charge in [-0.1, -0.05) is 12.1 Å². The number of hydrogen-bond acceptors (Lipinski definition) is 4. The van der Waals surface area contributed by atoms with E-state index in [9.17, 15) is 9.59 Å². The van der Waals surface area contributed by atoms with E-state index in [1.165, 1.54) is 0 Å². The Morgan fingerprint density at radius 2 is 1.88 bits per heavy atom. The molecule has 1 amide bonds. The molecule has 0 unspecified atom stereocenters. The predicted molar refractivity (Wildman–Crippen MR) is 98.4 cm³/mol. The fraction of sp³-hybridized carbons (Fsp3) is 0.150. The van der Waals surface area contributed by atoms with Gasteiger partial charge in [0, 0.05) is 18.1 Å². The highest BCUT2D eigenvalue weighted by atomic mass is 16.5. The molecule has 0 radical (unpaired) electrons. The molecule has 0 bridgehead atoms. The zero-order chi connectivity index (χ0) is 18.5. The summed E-state index contributed by atoms with van der Waals surface area (Å²) in [6.07, 6.45) is 3.49. The third-order valence-electron chi connectivity index (χ3n) is 3.87. The zero-order valence-electron chi connectivity index (χ0n) is 14.6.